The Morgan fingerprint density at radius 3 is 2.87 bits per heavy atom. The van der Waals surface area contributed by atoms with Gasteiger partial charge in [-0.2, -0.15) is 0 Å². The molecule has 0 radical (unpaired) electrons. The molecule has 0 atom stereocenters. The molecule has 0 spiro atoms. The lowest BCUT2D eigenvalue weighted by Crippen LogP contribution is -2.37. The van der Waals surface area contributed by atoms with Crippen LogP contribution in [-0.2, 0) is 6.61 Å². The monoisotopic (exact) mass is 469 g/mol. The van der Waals surface area contributed by atoms with E-state index in [1.54, 1.807) is 28.2 Å². The highest BCUT2D eigenvalue weighted by Crippen LogP contribution is 2.35. The third kappa shape index (κ3) is 4.59. The first-order valence-corrected chi connectivity index (χ1v) is 12.2. The van der Waals surface area contributed by atoms with Crippen LogP contribution in [0.1, 0.15) is 39.8 Å². The van der Waals surface area contributed by atoms with Gasteiger partial charge in [0, 0.05) is 35.0 Å². The number of carbonyl (C=O) groups excluding carboxylic acids is 1. The molecule has 3 heterocycles. The molecule has 1 saturated heterocycles. The minimum absolute atomic E-state index is 0.0497. The van der Waals surface area contributed by atoms with Crippen LogP contribution in [0, 0.1) is 0 Å². The molecule has 4 aromatic rings. The lowest BCUT2D eigenvalue weighted by Gasteiger charge is -2.31. The van der Waals surface area contributed by atoms with Crippen LogP contribution in [-0.4, -0.2) is 33.9 Å². The Kier molecular flexibility index (Phi) is 5.89. The Hall–Kier alpha value is -2.48. The van der Waals surface area contributed by atoms with E-state index in [4.69, 9.17) is 21.3 Å². The van der Waals surface area contributed by atoms with Crippen LogP contribution < -0.4 is 4.74 Å². The molecule has 8 heteroatoms. The van der Waals surface area contributed by atoms with Crippen LogP contribution in [0.2, 0.25) is 5.02 Å². The Balaban J connectivity index is 1.22. The molecule has 0 aliphatic carbocycles. The number of carbonyl (C=O) groups is 1. The molecule has 0 N–H and O–H groups in total. The van der Waals surface area contributed by atoms with Gasteiger partial charge in [0.15, 0.2) is 0 Å². The van der Waals surface area contributed by atoms with Crippen molar-refractivity contribution < 1.29 is 9.53 Å². The van der Waals surface area contributed by atoms with Crippen LogP contribution in [0.25, 0.3) is 10.2 Å². The standard InChI is InChI=1S/C23H20ClN3O2S2/c24-17-4-5-21-20(11-17)26-22(31-21)15-6-8-27(9-7-15)23(28)16-2-1-3-19(10-16)29-12-18-13-30-14-25-18/h1-5,10-11,13-15H,6-9,12H2. The number of benzene rings is 2. The van der Waals surface area contributed by atoms with Crippen molar-refractivity contribution in [2.45, 2.75) is 25.4 Å². The maximum absolute atomic E-state index is 13.0. The number of halogens is 1. The van der Waals surface area contributed by atoms with Crippen molar-refractivity contribution in [1.29, 1.82) is 0 Å². The first-order valence-electron chi connectivity index (χ1n) is 10.1. The Morgan fingerprint density at radius 1 is 1.19 bits per heavy atom. The van der Waals surface area contributed by atoms with Gasteiger partial charge in [-0.1, -0.05) is 17.7 Å². The highest BCUT2D eigenvalue weighted by Gasteiger charge is 2.26. The second-order valence-electron chi connectivity index (χ2n) is 7.53. The molecule has 0 bridgehead atoms. The molecule has 1 aliphatic heterocycles. The van der Waals surface area contributed by atoms with Gasteiger partial charge in [-0.15, -0.1) is 22.7 Å². The van der Waals surface area contributed by atoms with E-state index in [1.807, 2.05) is 52.7 Å². The van der Waals surface area contributed by atoms with Gasteiger partial charge in [-0.3, -0.25) is 4.79 Å². The first-order chi connectivity index (χ1) is 15.2. The molecule has 5 rings (SSSR count). The maximum Gasteiger partial charge on any atom is 0.253 e. The molecule has 0 unspecified atom stereocenters. The minimum atomic E-state index is 0.0497. The van der Waals surface area contributed by atoms with Crippen molar-refractivity contribution in [3.63, 3.8) is 0 Å². The zero-order chi connectivity index (χ0) is 21.2. The van der Waals surface area contributed by atoms with Crippen LogP contribution >= 0.6 is 34.3 Å². The molecule has 1 amide bonds. The van der Waals surface area contributed by atoms with Gasteiger partial charge in [0.25, 0.3) is 5.91 Å². The first kappa shape index (κ1) is 20.4. The number of nitrogens with zero attached hydrogens (tertiary/aromatic N) is 3. The number of ether oxygens (including phenoxy) is 1. The van der Waals surface area contributed by atoms with Crippen LogP contribution in [0.4, 0.5) is 0 Å². The van der Waals surface area contributed by atoms with E-state index in [0.717, 1.165) is 46.8 Å². The summed E-state index contributed by atoms with van der Waals surface area (Å²) >= 11 is 9.36. The van der Waals surface area contributed by atoms with E-state index in [-0.39, 0.29) is 5.91 Å². The second kappa shape index (κ2) is 8.94. The summed E-state index contributed by atoms with van der Waals surface area (Å²) in [6.07, 6.45) is 1.83. The third-order valence-corrected chi connectivity index (χ3v) is 7.52. The number of amides is 1. The van der Waals surface area contributed by atoms with E-state index >= 15 is 0 Å². The summed E-state index contributed by atoms with van der Waals surface area (Å²) < 4.78 is 6.96. The minimum Gasteiger partial charge on any atom is -0.487 e. The van der Waals surface area contributed by atoms with E-state index < -0.39 is 0 Å². The van der Waals surface area contributed by atoms with Gasteiger partial charge in [-0.25, -0.2) is 9.97 Å². The summed E-state index contributed by atoms with van der Waals surface area (Å²) in [4.78, 5) is 24.0. The summed E-state index contributed by atoms with van der Waals surface area (Å²) in [7, 11) is 0. The summed E-state index contributed by atoms with van der Waals surface area (Å²) in [6, 6.07) is 13.2. The number of rotatable bonds is 5. The second-order valence-corrected chi connectivity index (χ2v) is 9.74. The fourth-order valence-electron chi connectivity index (χ4n) is 3.79. The van der Waals surface area contributed by atoms with E-state index in [2.05, 4.69) is 4.98 Å². The highest BCUT2D eigenvalue weighted by atomic mass is 35.5. The fraction of sp³-hybridized carbons (Fsp3) is 0.261. The highest BCUT2D eigenvalue weighted by molar-refractivity contribution is 7.18. The lowest BCUT2D eigenvalue weighted by atomic mass is 9.97. The van der Waals surface area contributed by atoms with Gasteiger partial charge in [0.1, 0.15) is 12.4 Å². The van der Waals surface area contributed by atoms with Gasteiger partial charge in [0.05, 0.1) is 26.4 Å². The normalized spacial score (nSPS) is 14.8. The summed E-state index contributed by atoms with van der Waals surface area (Å²) in [5.74, 6) is 1.11. The SMILES string of the molecule is O=C(c1cccc(OCc2cscn2)c1)N1CCC(c2nc3cc(Cl)ccc3s2)CC1. The quantitative estimate of drug-likeness (QED) is 0.359. The zero-order valence-electron chi connectivity index (χ0n) is 16.7. The van der Waals surface area contributed by atoms with Crippen molar-refractivity contribution in [1.82, 2.24) is 14.9 Å². The smallest absolute Gasteiger partial charge is 0.253 e. The number of aromatic nitrogens is 2. The Morgan fingerprint density at radius 2 is 2.06 bits per heavy atom. The lowest BCUT2D eigenvalue weighted by molar-refractivity contribution is 0.0712. The summed E-state index contributed by atoms with van der Waals surface area (Å²) in [6.45, 7) is 1.86. The Labute approximate surface area is 193 Å². The van der Waals surface area contributed by atoms with Crippen molar-refractivity contribution in [3.05, 3.63) is 74.6 Å². The molecule has 2 aromatic carbocycles. The van der Waals surface area contributed by atoms with Gasteiger partial charge < -0.3 is 9.64 Å². The summed E-state index contributed by atoms with van der Waals surface area (Å²) in [5.41, 5.74) is 4.29. The maximum atomic E-state index is 13.0. The third-order valence-electron chi connectivity index (χ3n) is 5.45. The average Bonchev–Trinajstić information content (AvgIpc) is 3.47. The predicted molar refractivity (Wildman–Crippen MR) is 125 cm³/mol. The number of likely N-dealkylation sites (tertiary alicyclic amines) is 1. The average molecular weight is 470 g/mol. The van der Waals surface area contributed by atoms with E-state index in [9.17, 15) is 4.79 Å². The van der Waals surface area contributed by atoms with Gasteiger partial charge >= 0.3 is 0 Å². The number of hydrogen-bond donors (Lipinski definition) is 0. The van der Waals surface area contributed by atoms with Crippen LogP contribution in [0.3, 0.4) is 0 Å². The van der Waals surface area contributed by atoms with E-state index in [1.165, 1.54) is 0 Å². The molecular weight excluding hydrogens is 450 g/mol. The van der Waals surface area contributed by atoms with Crippen molar-refractivity contribution in [2.75, 3.05) is 13.1 Å². The number of piperidine rings is 1. The van der Waals surface area contributed by atoms with Gasteiger partial charge in [-0.05, 0) is 49.2 Å². The van der Waals surface area contributed by atoms with Crippen LogP contribution in [0.5, 0.6) is 5.75 Å². The molecule has 1 fully saturated rings. The molecule has 5 nitrogen and oxygen atoms in total. The molecular formula is C23H20ClN3O2S2. The number of hydrogen-bond acceptors (Lipinski definition) is 6. The van der Waals surface area contributed by atoms with Crippen molar-refractivity contribution >= 4 is 50.4 Å². The fourth-order valence-corrected chi connectivity index (χ4v) is 5.62. The number of fused-ring (bicyclic) bond motifs is 1. The van der Waals surface area contributed by atoms with Crippen molar-refractivity contribution in [3.8, 4) is 5.75 Å². The molecule has 0 saturated carbocycles. The molecule has 2 aromatic heterocycles. The van der Waals surface area contributed by atoms with Gasteiger partial charge in [0.2, 0.25) is 0 Å². The topological polar surface area (TPSA) is 55.3 Å². The zero-order valence-corrected chi connectivity index (χ0v) is 19.1. The molecule has 31 heavy (non-hydrogen) atoms. The summed E-state index contributed by atoms with van der Waals surface area (Å²) in [5, 5.41) is 3.81. The Bertz CT molecular complexity index is 1200. The van der Waals surface area contributed by atoms with E-state index in [0.29, 0.717) is 28.9 Å². The van der Waals surface area contributed by atoms with Crippen molar-refractivity contribution in [2.24, 2.45) is 0 Å². The molecule has 1 aliphatic rings. The largest absolute Gasteiger partial charge is 0.487 e. The predicted octanol–water partition coefficient (Wildman–Crippen LogP) is 6.01. The van der Waals surface area contributed by atoms with Crippen LogP contribution in [0.15, 0.2) is 53.4 Å². The number of thiazole rings is 2. The molecule has 158 valence electrons.